The molecule has 1 aliphatic heterocycles. The number of thiocarbonyl (C=S) groups is 1. The number of ether oxygens (including phenoxy) is 2. The molecule has 1 aromatic carbocycles. The number of carbonyl (C=O) groups is 3. The van der Waals surface area contributed by atoms with Gasteiger partial charge in [0.15, 0.2) is 5.11 Å². The van der Waals surface area contributed by atoms with Crippen LogP contribution in [0.3, 0.4) is 0 Å². The number of amides is 2. The Kier molecular flexibility index (Phi) is 8.19. The molecule has 0 radical (unpaired) electrons. The predicted octanol–water partition coefficient (Wildman–Crippen LogP) is 1.24. The first-order chi connectivity index (χ1) is 13.5. The van der Waals surface area contributed by atoms with Gasteiger partial charge in [-0.3, -0.25) is 19.7 Å². The Labute approximate surface area is 169 Å². The minimum absolute atomic E-state index is 0.0917. The van der Waals surface area contributed by atoms with Crippen molar-refractivity contribution in [3.05, 3.63) is 29.8 Å². The molecule has 2 amide bonds. The minimum atomic E-state index is -0.820. The van der Waals surface area contributed by atoms with E-state index in [2.05, 4.69) is 10.6 Å². The van der Waals surface area contributed by atoms with Gasteiger partial charge in [-0.2, -0.15) is 0 Å². The Bertz CT molecular complexity index is 740. The van der Waals surface area contributed by atoms with Crippen LogP contribution in [0.25, 0.3) is 0 Å². The van der Waals surface area contributed by atoms with E-state index in [1.807, 2.05) is 6.92 Å². The van der Waals surface area contributed by atoms with Crippen LogP contribution in [0.4, 0.5) is 0 Å². The Morgan fingerprint density at radius 3 is 2.86 bits per heavy atom. The molecular weight excluding hydrogens is 382 g/mol. The first-order valence-electron chi connectivity index (χ1n) is 9.24. The van der Waals surface area contributed by atoms with E-state index < -0.39 is 17.9 Å². The van der Waals surface area contributed by atoms with E-state index in [1.54, 1.807) is 36.1 Å². The summed E-state index contributed by atoms with van der Waals surface area (Å²) in [5.74, 6) is -0.638. The molecule has 2 rings (SSSR count). The summed E-state index contributed by atoms with van der Waals surface area (Å²) in [7, 11) is 0. The van der Waals surface area contributed by atoms with Crippen molar-refractivity contribution in [1.29, 1.82) is 0 Å². The SMILES string of the molecule is CCCOc1cccc(C(=O)NC(=S)N2CCNC(=O)C2CC(=O)OCC)c1. The second kappa shape index (κ2) is 10.6. The summed E-state index contributed by atoms with van der Waals surface area (Å²) >= 11 is 5.33. The summed E-state index contributed by atoms with van der Waals surface area (Å²) < 4.78 is 10.5. The van der Waals surface area contributed by atoms with Crippen molar-refractivity contribution in [2.75, 3.05) is 26.3 Å². The van der Waals surface area contributed by atoms with Crippen molar-refractivity contribution in [1.82, 2.24) is 15.5 Å². The van der Waals surface area contributed by atoms with Gasteiger partial charge in [-0.15, -0.1) is 0 Å². The molecule has 1 unspecified atom stereocenters. The Balaban J connectivity index is 2.05. The Morgan fingerprint density at radius 2 is 2.14 bits per heavy atom. The van der Waals surface area contributed by atoms with Crippen molar-refractivity contribution < 1.29 is 23.9 Å². The second-order valence-corrected chi connectivity index (χ2v) is 6.53. The van der Waals surface area contributed by atoms with Crippen LogP contribution in [-0.4, -0.2) is 60.1 Å². The second-order valence-electron chi connectivity index (χ2n) is 6.14. The van der Waals surface area contributed by atoms with Crippen LogP contribution in [0.15, 0.2) is 24.3 Å². The molecule has 1 atom stereocenters. The maximum absolute atomic E-state index is 12.6. The number of benzene rings is 1. The Hall–Kier alpha value is -2.68. The summed E-state index contributed by atoms with van der Waals surface area (Å²) in [4.78, 5) is 38.1. The number of nitrogens with zero attached hydrogens (tertiary/aromatic N) is 1. The van der Waals surface area contributed by atoms with E-state index in [0.717, 1.165) is 6.42 Å². The van der Waals surface area contributed by atoms with Crippen LogP contribution in [-0.2, 0) is 14.3 Å². The number of hydrogen-bond donors (Lipinski definition) is 2. The summed E-state index contributed by atoms with van der Waals surface area (Å²) in [6.07, 6.45) is 0.718. The third kappa shape index (κ3) is 5.91. The lowest BCUT2D eigenvalue weighted by Crippen LogP contribution is -2.60. The lowest BCUT2D eigenvalue weighted by atomic mass is 10.1. The summed E-state index contributed by atoms with van der Waals surface area (Å²) in [6.45, 7) is 5.23. The van der Waals surface area contributed by atoms with Gasteiger partial charge in [0, 0.05) is 18.7 Å². The van der Waals surface area contributed by atoms with Gasteiger partial charge in [0.25, 0.3) is 5.91 Å². The molecule has 8 nitrogen and oxygen atoms in total. The van der Waals surface area contributed by atoms with Crippen LogP contribution in [0.5, 0.6) is 5.75 Å². The van der Waals surface area contributed by atoms with Gasteiger partial charge in [-0.25, -0.2) is 0 Å². The maximum Gasteiger partial charge on any atom is 0.308 e. The zero-order valence-electron chi connectivity index (χ0n) is 16.0. The van der Waals surface area contributed by atoms with Crippen LogP contribution in [0, 0.1) is 0 Å². The molecular formula is C19H25N3O5S. The molecule has 1 fully saturated rings. The van der Waals surface area contributed by atoms with Gasteiger partial charge < -0.3 is 19.7 Å². The van der Waals surface area contributed by atoms with Gasteiger partial charge >= 0.3 is 5.97 Å². The van der Waals surface area contributed by atoms with Crippen molar-refractivity contribution in [3.63, 3.8) is 0 Å². The zero-order valence-corrected chi connectivity index (χ0v) is 16.8. The summed E-state index contributed by atoms with van der Waals surface area (Å²) in [6, 6.07) is 5.96. The number of piperazine rings is 1. The van der Waals surface area contributed by atoms with Gasteiger partial charge in [0.2, 0.25) is 5.91 Å². The molecule has 0 bridgehead atoms. The first kappa shape index (κ1) is 21.6. The van der Waals surface area contributed by atoms with E-state index in [9.17, 15) is 14.4 Å². The molecule has 0 aliphatic carbocycles. The normalized spacial score (nSPS) is 16.1. The standard InChI is InChI=1S/C19H25N3O5S/c1-3-10-27-14-7-5-6-13(11-14)17(24)21-19(28)22-9-8-20-18(25)15(22)12-16(23)26-4-2/h5-7,11,15H,3-4,8-10,12H2,1-2H3,(H,20,25)(H,21,24,28). The highest BCUT2D eigenvalue weighted by molar-refractivity contribution is 7.80. The highest BCUT2D eigenvalue weighted by Crippen LogP contribution is 2.15. The quantitative estimate of drug-likeness (QED) is 0.519. The lowest BCUT2D eigenvalue weighted by Gasteiger charge is -2.36. The average molecular weight is 407 g/mol. The van der Waals surface area contributed by atoms with Crippen molar-refractivity contribution in [2.24, 2.45) is 0 Å². The summed E-state index contributed by atoms with van der Waals surface area (Å²) in [5, 5.41) is 5.43. The molecule has 152 valence electrons. The van der Waals surface area contributed by atoms with Gasteiger partial charge in [0.1, 0.15) is 11.8 Å². The number of carbonyl (C=O) groups excluding carboxylic acids is 3. The average Bonchev–Trinajstić information content (AvgIpc) is 2.68. The molecule has 1 saturated heterocycles. The van der Waals surface area contributed by atoms with Crippen molar-refractivity contribution >= 4 is 35.1 Å². The van der Waals surface area contributed by atoms with E-state index >= 15 is 0 Å². The topological polar surface area (TPSA) is 97.0 Å². The Morgan fingerprint density at radius 1 is 1.36 bits per heavy atom. The molecule has 2 N–H and O–H groups in total. The zero-order chi connectivity index (χ0) is 20.5. The largest absolute Gasteiger partial charge is 0.494 e. The molecule has 0 spiro atoms. The monoisotopic (exact) mass is 407 g/mol. The van der Waals surface area contributed by atoms with E-state index in [0.29, 0.717) is 31.0 Å². The van der Waals surface area contributed by atoms with E-state index in [1.165, 1.54) is 0 Å². The van der Waals surface area contributed by atoms with E-state index in [-0.39, 0.29) is 24.0 Å². The smallest absolute Gasteiger partial charge is 0.308 e. The predicted molar refractivity (Wildman–Crippen MR) is 107 cm³/mol. The molecule has 9 heteroatoms. The first-order valence-corrected chi connectivity index (χ1v) is 9.65. The molecule has 28 heavy (non-hydrogen) atoms. The molecule has 1 aromatic rings. The maximum atomic E-state index is 12.6. The minimum Gasteiger partial charge on any atom is -0.494 e. The fourth-order valence-electron chi connectivity index (χ4n) is 2.73. The highest BCUT2D eigenvalue weighted by Gasteiger charge is 2.34. The molecule has 0 saturated carbocycles. The molecule has 1 heterocycles. The number of nitrogens with one attached hydrogen (secondary N) is 2. The third-order valence-corrected chi connectivity index (χ3v) is 4.38. The fraction of sp³-hybridized carbons (Fsp3) is 0.474. The highest BCUT2D eigenvalue weighted by atomic mass is 32.1. The lowest BCUT2D eigenvalue weighted by molar-refractivity contribution is -0.147. The number of rotatable bonds is 7. The van der Waals surface area contributed by atoms with E-state index in [4.69, 9.17) is 21.7 Å². The van der Waals surface area contributed by atoms with Crippen molar-refractivity contribution in [2.45, 2.75) is 32.7 Å². The van der Waals surface area contributed by atoms with Crippen LogP contribution in [0.2, 0.25) is 0 Å². The van der Waals surface area contributed by atoms with Gasteiger partial charge in [-0.05, 0) is 43.8 Å². The number of esters is 1. The molecule has 0 aromatic heterocycles. The van der Waals surface area contributed by atoms with Crippen LogP contribution >= 0.6 is 12.2 Å². The number of hydrogen-bond acceptors (Lipinski definition) is 6. The van der Waals surface area contributed by atoms with Crippen LogP contribution in [0.1, 0.15) is 37.0 Å². The fourth-order valence-corrected chi connectivity index (χ4v) is 3.04. The van der Waals surface area contributed by atoms with Gasteiger partial charge in [0.05, 0.1) is 19.6 Å². The third-order valence-electron chi connectivity index (χ3n) is 4.05. The van der Waals surface area contributed by atoms with Crippen LogP contribution < -0.4 is 15.4 Å². The summed E-state index contributed by atoms with van der Waals surface area (Å²) in [5.41, 5.74) is 0.388. The molecule has 1 aliphatic rings. The van der Waals surface area contributed by atoms with Gasteiger partial charge in [-0.1, -0.05) is 13.0 Å². The van der Waals surface area contributed by atoms with Crippen molar-refractivity contribution in [3.8, 4) is 5.75 Å².